The van der Waals surface area contributed by atoms with Gasteiger partial charge in [0.15, 0.2) is 0 Å². The van der Waals surface area contributed by atoms with Crippen molar-refractivity contribution in [2.45, 2.75) is 25.9 Å². The molecule has 3 heterocycles. The molecule has 0 radical (unpaired) electrons. The number of hydrogen-bond acceptors (Lipinski definition) is 5. The summed E-state index contributed by atoms with van der Waals surface area (Å²) in [6.07, 6.45) is 3.02. The van der Waals surface area contributed by atoms with Crippen LogP contribution in [0.1, 0.15) is 28.9 Å². The predicted octanol–water partition coefficient (Wildman–Crippen LogP) is 1.16. The SMILES string of the molecule is Cc1ccc(OC2CCCN(C(=O)c3ccc[nH]c3=O)C2)nn1. The Kier molecular flexibility index (Phi) is 4.36. The van der Waals surface area contributed by atoms with E-state index in [1.54, 1.807) is 17.0 Å². The van der Waals surface area contributed by atoms with Crippen molar-refractivity contribution in [2.24, 2.45) is 0 Å². The minimum Gasteiger partial charge on any atom is -0.471 e. The summed E-state index contributed by atoms with van der Waals surface area (Å²) in [7, 11) is 0. The van der Waals surface area contributed by atoms with E-state index in [-0.39, 0.29) is 23.1 Å². The van der Waals surface area contributed by atoms with E-state index < -0.39 is 0 Å². The molecule has 1 amide bonds. The number of piperidine rings is 1. The van der Waals surface area contributed by atoms with Gasteiger partial charge in [-0.2, -0.15) is 5.10 Å². The van der Waals surface area contributed by atoms with E-state index in [0.29, 0.717) is 19.0 Å². The first-order chi connectivity index (χ1) is 11.1. The summed E-state index contributed by atoms with van der Waals surface area (Å²) in [5.41, 5.74) is 0.606. The van der Waals surface area contributed by atoms with Gasteiger partial charge in [0, 0.05) is 18.8 Å². The van der Waals surface area contributed by atoms with Crippen LogP contribution in [0.5, 0.6) is 5.88 Å². The molecule has 0 saturated carbocycles. The van der Waals surface area contributed by atoms with E-state index in [1.165, 1.54) is 12.3 Å². The van der Waals surface area contributed by atoms with Gasteiger partial charge >= 0.3 is 0 Å². The third kappa shape index (κ3) is 3.56. The fourth-order valence-corrected chi connectivity index (χ4v) is 2.60. The number of hydrogen-bond donors (Lipinski definition) is 1. The van der Waals surface area contributed by atoms with Gasteiger partial charge in [-0.05, 0) is 38.0 Å². The maximum absolute atomic E-state index is 12.5. The molecule has 0 aromatic carbocycles. The molecule has 7 heteroatoms. The molecular weight excluding hydrogens is 296 g/mol. The molecule has 0 bridgehead atoms. The van der Waals surface area contributed by atoms with Crippen LogP contribution >= 0.6 is 0 Å². The number of aryl methyl sites for hydroxylation is 1. The van der Waals surface area contributed by atoms with Gasteiger partial charge in [0.25, 0.3) is 11.5 Å². The summed E-state index contributed by atoms with van der Waals surface area (Å²) >= 11 is 0. The fourth-order valence-electron chi connectivity index (χ4n) is 2.60. The van der Waals surface area contributed by atoms with Gasteiger partial charge in [-0.25, -0.2) is 0 Å². The Hall–Kier alpha value is -2.70. The lowest BCUT2D eigenvalue weighted by atomic mass is 10.1. The first-order valence-electron chi connectivity index (χ1n) is 7.57. The highest BCUT2D eigenvalue weighted by molar-refractivity contribution is 5.93. The minimum atomic E-state index is -0.370. The second-order valence-corrected chi connectivity index (χ2v) is 5.56. The maximum atomic E-state index is 12.5. The zero-order valence-electron chi connectivity index (χ0n) is 12.9. The Balaban J connectivity index is 1.68. The first kappa shape index (κ1) is 15.2. The summed E-state index contributed by atoms with van der Waals surface area (Å²) in [5, 5.41) is 7.94. The second-order valence-electron chi connectivity index (χ2n) is 5.56. The lowest BCUT2D eigenvalue weighted by molar-refractivity contribution is 0.0524. The number of aromatic nitrogens is 3. The minimum absolute atomic E-state index is 0.146. The predicted molar refractivity (Wildman–Crippen MR) is 83.4 cm³/mol. The Morgan fingerprint density at radius 2 is 2.22 bits per heavy atom. The molecule has 2 aromatic heterocycles. The molecule has 1 N–H and O–H groups in total. The van der Waals surface area contributed by atoms with E-state index in [1.807, 2.05) is 13.0 Å². The smallest absolute Gasteiger partial charge is 0.260 e. The number of ether oxygens (including phenoxy) is 1. The van der Waals surface area contributed by atoms with Crippen molar-refractivity contribution in [2.75, 3.05) is 13.1 Å². The lowest BCUT2D eigenvalue weighted by Crippen LogP contribution is -2.45. The number of rotatable bonds is 3. The van der Waals surface area contributed by atoms with Crippen LogP contribution in [0.3, 0.4) is 0 Å². The number of nitrogens with one attached hydrogen (secondary N) is 1. The molecule has 120 valence electrons. The molecule has 23 heavy (non-hydrogen) atoms. The van der Waals surface area contributed by atoms with Crippen molar-refractivity contribution < 1.29 is 9.53 Å². The quantitative estimate of drug-likeness (QED) is 0.918. The van der Waals surface area contributed by atoms with Crippen LogP contribution in [-0.4, -0.2) is 45.2 Å². The summed E-state index contributed by atoms with van der Waals surface area (Å²) in [5.74, 6) is 0.183. The third-order valence-corrected chi connectivity index (χ3v) is 3.77. The summed E-state index contributed by atoms with van der Waals surface area (Å²) in [4.78, 5) is 28.4. The van der Waals surface area contributed by atoms with Crippen LogP contribution in [0.4, 0.5) is 0 Å². The summed E-state index contributed by atoms with van der Waals surface area (Å²) in [6.45, 7) is 2.91. The van der Waals surface area contributed by atoms with Crippen molar-refractivity contribution in [1.29, 1.82) is 0 Å². The van der Waals surface area contributed by atoms with Crippen LogP contribution in [0.2, 0.25) is 0 Å². The molecule has 1 saturated heterocycles. The maximum Gasteiger partial charge on any atom is 0.260 e. The molecule has 1 unspecified atom stereocenters. The summed E-state index contributed by atoms with van der Waals surface area (Å²) < 4.78 is 5.80. The molecule has 1 atom stereocenters. The van der Waals surface area contributed by atoms with E-state index in [2.05, 4.69) is 15.2 Å². The number of carbonyl (C=O) groups excluding carboxylic acids is 1. The Labute approximate surface area is 133 Å². The lowest BCUT2D eigenvalue weighted by Gasteiger charge is -2.32. The van der Waals surface area contributed by atoms with Crippen LogP contribution in [-0.2, 0) is 0 Å². The van der Waals surface area contributed by atoms with E-state index >= 15 is 0 Å². The molecule has 3 rings (SSSR count). The van der Waals surface area contributed by atoms with Gasteiger partial charge in [0.05, 0.1) is 12.2 Å². The Morgan fingerprint density at radius 1 is 1.35 bits per heavy atom. The third-order valence-electron chi connectivity index (χ3n) is 3.77. The van der Waals surface area contributed by atoms with Gasteiger partial charge in [-0.1, -0.05) is 0 Å². The average molecular weight is 314 g/mol. The number of aromatic amines is 1. The largest absolute Gasteiger partial charge is 0.471 e. The molecule has 0 spiro atoms. The average Bonchev–Trinajstić information content (AvgIpc) is 2.57. The fraction of sp³-hybridized carbons (Fsp3) is 0.375. The monoisotopic (exact) mass is 314 g/mol. The van der Waals surface area contributed by atoms with E-state index in [9.17, 15) is 9.59 Å². The standard InChI is InChI=1S/C16H18N4O3/c1-11-6-7-14(19-18-11)23-12-4-3-9-20(10-12)16(22)13-5-2-8-17-15(13)21/h2,5-8,12H,3-4,9-10H2,1H3,(H,17,21). The molecule has 0 aliphatic carbocycles. The number of H-pyrrole nitrogens is 1. The van der Waals surface area contributed by atoms with E-state index in [0.717, 1.165) is 18.5 Å². The van der Waals surface area contributed by atoms with Gasteiger partial charge in [0.2, 0.25) is 5.88 Å². The van der Waals surface area contributed by atoms with Gasteiger partial charge in [-0.15, -0.1) is 5.10 Å². The normalized spacial score (nSPS) is 17.8. The van der Waals surface area contributed by atoms with Crippen molar-refractivity contribution in [3.05, 3.63) is 52.1 Å². The molecule has 7 nitrogen and oxygen atoms in total. The Bertz CT molecular complexity index is 741. The van der Waals surface area contributed by atoms with E-state index in [4.69, 9.17) is 4.74 Å². The van der Waals surface area contributed by atoms with Crippen LogP contribution in [0.15, 0.2) is 35.3 Å². The highest BCUT2D eigenvalue weighted by Crippen LogP contribution is 2.17. The molecular formula is C16H18N4O3. The van der Waals surface area contributed by atoms with Crippen molar-refractivity contribution in [3.8, 4) is 5.88 Å². The molecule has 2 aromatic rings. The van der Waals surface area contributed by atoms with Gasteiger partial charge < -0.3 is 14.6 Å². The topological polar surface area (TPSA) is 88.2 Å². The first-order valence-corrected chi connectivity index (χ1v) is 7.57. The zero-order chi connectivity index (χ0) is 16.2. The second kappa shape index (κ2) is 6.60. The number of carbonyl (C=O) groups is 1. The highest BCUT2D eigenvalue weighted by Gasteiger charge is 2.27. The van der Waals surface area contributed by atoms with Gasteiger partial charge in [-0.3, -0.25) is 9.59 Å². The molecule has 1 fully saturated rings. The zero-order valence-corrected chi connectivity index (χ0v) is 12.9. The molecule has 1 aliphatic heterocycles. The van der Waals surface area contributed by atoms with Crippen molar-refractivity contribution >= 4 is 5.91 Å². The Morgan fingerprint density at radius 3 is 2.96 bits per heavy atom. The number of nitrogens with zero attached hydrogens (tertiary/aromatic N) is 3. The van der Waals surface area contributed by atoms with Crippen LogP contribution < -0.4 is 10.3 Å². The number of likely N-dealkylation sites (tertiary alicyclic amines) is 1. The van der Waals surface area contributed by atoms with Gasteiger partial charge in [0.1, 0.15) is 11.7 Å². The number of pyridine rings is 1. The highest BCUT2D eigenvalue weighted by atomic mass is 16.5. The van der Waals surface area contributed by atoms with Crippen molar-refractivity contribution in [3.63, 3.8) is 0 Å². The molecule has 1 aliphatic rings. The van der Waals surface area contributed by atoms with Crippen LogP contribution in [0, 0.1) is 6.92 Å². The summed E-state index contributed by atoms with van der Waals surface area (Å²) in [6, 6.07) is 6.79. The van der Waals surface area contributed by atoms with Crippen LogP contribution in [0.25, 0.3) is 0 Å². The van der Waals surface area contributed by atoms with Crippen molar-refractivity contribution in [1.82, 2.24) is 20.1 Å². The number of amides is 1.